The minimum absolute atomic E-state index is 0.0516. The number of nitrogens with one attached hydrogen (secondary N) is 1. The molecule has 2 aromatic rings. The lowest BCUT2D eigenvalue weighted by molar-refractivity contribution is -0.118. The van der Waals surface area contributed by atoms with E-state index in [0.29, 0.717) is 22.0 Å². The molecule has 8 heteroatoms. The van der Waals surface area contributed by atoms with Crippen LogP contribution in [-0.2, 0) is 11.3 Å². The van der Waals surface area contributed by atoms with Gasteiger partial charge in [0.1, 0.15) is 0 Å². The van der Waals surface area contributed by atoms with Gasteiger partial charge in [-0.05, 0) is 43.9 Å². The van der Waals surface area contributed by atoms with Gasteiger partial charge in [0.25, 0.3) is 5.56 Å². The van der Waals surface area contributed by atoms with E-state index in [9.17, 15) is 14.7 Å². The fourth-order valence-corrected chi connectivity index (χ4v) is 4.74. The number of aromatic nitrogens is 2. The number of thioether (sulfide) groups is 1. The van der Waals surface area contributed by atoms with E-state index < -0.39 is 6.10 Å². The number of carbonyl (C=O) groups is 1. The maximum Gasteiger partial charge on any atom is 0.262 e. The first-order chi connectivity index (χ1) is 13.4. The smallest absolute Gasteiger partial charge is 0.262 e. The van der Waals surface area contributed by atoms with Crippen LogP contribution in [0.5, 0.6) is 0 Å². The van der Waals surface area contributed by atoms with Crippen molar-refractivity contribution in [3.05, 3.63) is 33.0 Å². The number of nitrogens with zero attached hydrogens (tertiary/aromatic N) is 2. The quantitative estimate of drug-likeness (QED) is 0.481. The highest BCUT2D eigenvalue weighted by molar-refractivity contribution is 9.10. The summed E-state index contributed by atoms with van der Waals surface area (Å²) < 4.78 is 2.25. The van der Waals surface area contributed by atoms with Crippen LogP contribution in [-0.4, -0.2) is 39.0 Å². The highest BCUT2D eigenvalue weighted by Gasteiger charge is 2.17. The largest absolute Gasteiger partial charge is 0.392 e. The third-order valence-corrected chi connectivity index (χ3v) is 6.44. The van der Waals surface area contributed by atoms with E-state index in [4.69, 9.17) is 0 Å². The number of aliphatic hydroxyl groups is 1. The summed E-state index contributed by atoms with van der Waals surface area (Å²) in [6, 6.07) is 5.34. The number of benzene rings is 1. The third-order valence-electron chi connectivity index (χ3n) is 4.97. The lowest BCUT2D eigenvalue weighted by Crippen LogP contribution is -2.32. The Labute approximate surface area is 177 Å². The molecule has 0 radical (unpaired) electrons. The average Bonchev–Trinajstić information content (AvgIpc) is 2.68. The SMILES string of the molecule is CC(O)Cn1c(SCC(=O)NCC2CCCCC2)nc2ccc(Br)cc2c1=O. The maximum atomic E-state index is 12.9. The molecule has 1 heterocycles. The van der Waals surface area contributed by atoms with Crippen LogP contribution in [0.25, 0.3) is 10.9 Å². The second-order valence-corrected chi connectivity index (χ2v) is 9.28. The summed E-state index contributed by atoms with van der Waals surface area (Å²) in [7, 11) is 0. The monoisotopic (exact) mass is 467 g/mol. The van der Waals surface area contributed by atoms with Crippen molar-refractivity contribution in [1.82, 2.24) is 14.9 Å². The summed E-state index contributed by atoms with van der Waals surface area (Å²) >= 11 is 4.61. The van der Waals surface area contributed by atoms with Crippen molar-refractivity contribution in [2.75, 3.05) is 12.3 Å². The van der Waals surface area contributed by atoms with Gasteiger partial charge in [0.2, 0.25) is 5.91 Å². The molecular weight excluding hydrogens is 442 g/mol. The molecule has 0 aliphatic heterocycles. The van der Waals surface area contributed by atoms with Crippen molar-refractivity contribution in [2.24, 2.45) is 5.92 Å². The van der Waals surface area contributed by atoms with Gasteiger partial charge in [0.15, 0.2) is 5.16 Å². The fraction of sp³-hybridized carbons (Fsp3) is 0.550. The van der Waals surface area contributed by atoms with Gasteiger partial charge in [-0.1, -0.05) is 47.0 Å². The molecule has 152 valence electrons. The van der Waals surface area contributed by atoms with Crippen LogP contribution in [0.4, 0.5) is 0 Å². The van der Waals surface area contributed by atoms with Gasteiger partial charge in [-0.15, -0.1) is 0 Å². The van der Waals surface area contributed by atoms with E-state index >= 15 is 0 Å². The van der Waals surface area contributed by atoms with Gasteiger partial charge < -0.3 is 10.4 Å². The van der Waals surface area contributed by atoms with Crippen molar-refractivity contribution < 1.29 is 9.90 Å². The van der Waals surface area contributed by atoms with Crippen LogP contribution in [0.3, 0.4) is 0 Å². The van der Waals surface area contributed by atoms with Gasteiger partial charge in [-0.3, -0.25) is 14.2 Å². The molecule has 1 aliphatic rings. The molecule has 1 aromatic heterocycles. The number of halogens is 1. The van der Waals surface area contributed by atoms with Crippen molar-refractivity contribution in [3.63, 3.8) is 0 Å². The van der Waals surface area contributed by atoms with Gasteiger partial charge >= 0.3 is 0 Å². The lowest BCUT2D eigenvalue weighted by Gasteiger charge is -2.21. The Morgan fingerprint density at radius 2 is 2.14 bits per heavy atom. The molecule has 0 spiro atoms. The molecule has 1 saturated carbocycles. The van der Waals surface area contributed by atoms with Gasteiger partial charge in [0, 0.05) is 11.0 Å². The summed E-state index contributed by atoms with van der Waals surface area (Å²) in [5.74, 6) is 0.721. The second-order valence-electron chi connectivity index (χ2n) is 7.42. The molecule has 2 N–H and O–H groups in total. The third kappa shape index (κ3) is 5.58. The van der Waals surface area contributed by atoms with E-state index in [1.807, 2.05) is 6.07 Å². The van der Waals surface area contributed by atoms with E-state index in [1.165, 1.54) is 48.4 Å². The number of fused-ring (bicyclic) bond motifs is 1. The average molecular weight is 468 g/mol. The Kier molecular flexibility index (Phi) is 7.54. The molecular formula is C20H26BrN3O3S. The van der Waals surface area contributed by atoms with Gasteiger partial charge in [0.05, 0.1) is 29.3 Å². The number of hydrogen-bond acceptors (Lipinski definition) is 5. The van der Waals surface area contributed by atoms with Crippen LogP contribution in [0, 0.1) is 5.92 Å². The van der Waals surface area contributed by atoms with Crippen molar-refractivity contribution in [2.45, 2.75) is 56.8 Å². The minimum Gasteiger partial charge on any atom is -0.392 e. The molecule has 1 fully saturated rings. The van der Waals surface area contributed by atoms with Crippen molar-refractivity contribution in [1.29, 1.82) is 0 Å². The lowest BCUT2D eigenvalue weighted by atomic mass is 9.89. The Morgan fingerprint density at radius 3 is 2.86 bits per heavy atom. The van der Waals surface area contributed by atoms with Crippen LogP contribution < -0.4 is 10.9 Å². The molecule has 1 unspecified atom stereocenters. The van der Waals surface area contributed by atoms with Gasteiger partial charge in [-0.2, -0.15) is 0 Å². The van der Waals surface area contributed by atoms with Crippen LogP contribution in [0.15, 0.2) is 32.6 Å². The van der Waals surface area contributed by atoms with E-state index in [0.717, 1.165) is 11.0 Å². The Morgan fingerprint density at radius 1 is 1.39 bits per heavy atom. The molecule has 1 amide bonds. The summed E-state index contributed by atoms with van der Waals surface area (Å²) in [4.78, 5) is 29.7. The number of rotatable bonds is 7. The highest BCUT2D eigenvalue weighted by Crippen LogP contribution is 2.23. The van der Waals surface area contributed by atoms with Gasteiger partial charge in [-0.25, -0.2) is 4.98 Å². The first kappa shape index (κ1) is 21.3. The zero-order valence-electron chi connectivity index (χ0n) is 16.0. The number of aliphatic hydroxyl groups excluding tert-OH is 1. The molecule has 1 atom stereocenters. The topological polar surface area (TPSA) is 84.2 Å². The predicted molar refractivity (Wildman–Crippen MR) is 116 cm³/mol. The van der Waals surface area contributed by atoms with Crippen molar-refractivity contribution >= 4 is 44.5 Å². The number of hydrogen-bond donors (Lipinski definition) is 2. The molecule has 3 rings (SSSR count). The minimum atomic E-state index is -0.691. The maximum absolute atomic E-state index is 12.9. The summed E-state index contributed by atoms with van der Waals surface area (Å²) in [5, 5.41) is 13.8. The van der Waals surface area contributed by atoms with E-state index in [1.54, 1.807) is 19.1 Å². The molecule has 1 aliphatic carbocycles. The first-order valence-electron chi connectivity index (χ1n) is 9.71. The molecule has 28 heavy (non-hydrogen) atoms. The summed E-state index contributed by atoms with van der Waals surface area (Å²) in [6.07, 6.45) is 5.47. The standard InChI is InChI=1S/C20H26BrN3O3S/c1-13(25)11-24-19(27)16-9-15(21)7-8-17(16)23-20(24)28-12-18(26)22-10-14-5-3-2-4-6-14/h7-9,13-14,25H,2-6,10-12H2,1H3,(H,22,26). The zero-order valence-corrected chi connectivity index (χ0v) is 18.4. The molecule has 1 aromatic carbocycles. The number of carbonyl (C=O) groups excluding carboxylic acids is 1. The highest BCUT2D eigenvalue weighted by atomic mass is 79.9. The molecule has 0 bridgehead atoms. The molecule has 0 saturated heterocycles. The Bertz CT molecular complexity index is 894. The summed E-state index contributed by atoms with van der Waals surface area (Å²) in [6.45, 7) is 2.49. The van der Waals surface area contributed by atoms with E-state index in [2.05, 4.69) is 26.2 Å². The van der Waals surface area contributed by atoms with Crippen LogP contribution in [0.1, 0.15) is 39.0 Å². The predicted octanol–water partition coefficient (Wildman–Crippen LogP) is 3.33. The first-order valence-corrected chi connectivity index (χ1v) is 11.5. The van der Waals surface area contributed by atoms with Crippen molar-refractivity contribution in [3.8, 4) is 0 Å². The zero-order chi connectivity index (χ0) is 20.1. The van der Waals surface area contributed by atoms with E-state index in [-0.39, 0.29) is 23.8 Å². The van der Waals surface area contributed by atoms with Crippen LogP contribution in [0.2, 0.25) is 0 Å². The Hall–Kier alpha value is -1.38. The fourth-order valence-electron chi connectivity index (χ4n) is 3.54. The normalized spacial score (nSPS) is 16.2. The molecule has 6 nitrogen and oxygen atoms in total. The second kappa shape index (κ2) is 9.89. The Balaban J connectivity index is 1.72. The number of amides is 1. The summed E-state index contributed by atoms with van der Waals surface area (Å²) in [5.41, 5.74) is 0.373. The van der Waals surface area contributed by atoms with Crippen LogP contribution >= 0.6 is 27.7 Å².